The van der Waals surface area contributed by atoms with Gasteiger partial charge in [0, 0.05) is 6.54 Å². The molecule has 0 spiro atoms. The molecular formula is C18H24FN3O5. The zero-order valence-electron chi connectivity index (χ0n) is 15.7. The van der Waals surface area contributed by atoms with Crippen molar-refractivity contribution in [3.05, 3.63) is 35.6 Å². The average Bonchev–Trinajstić information content (AvgIpc) is 2.59. The third-order valence-electron chi connectivity index (χ3n) is 3.56. The van der Waals surface area contributed by atoms with Crippen LogP contribution in [-0.2, 0) is 14.3 Å². The lowest BCUT2D eigenvalue weighted by molar-refractivity contribution is -0.157. The van der Waals surface area contributed by atoms with E-state index in [-0.39, 0.29) is 11.5 Å². The van der Waals surface area contributed by atoms with E-state index in [0.29, 0.717) is 6.54 Å². The maximum atomic E-state index is 13.7. The summed E-state index contributed by atoms with van der Waals surface area (Å²) >= 11 is 0. The van der Waals surface area contributed by atoms with Gasteiger partial charge in [-0.15, -0.1) is 0 Å². The lowest BCUT2D eigenvalue weighted by atomic mass is 10.0. The Labute approximate surface area is 156 Å². The van der Waals surface area contributed by atoms with Crippen LogP contribution < -0.4 is 16.0 Å². The number of nitrogens with one attached hydrogen (secondary N) is 3. The monoisotopic (exact) mass is 381 g/mol. The molecule has 0 saturated carbocycles. The largest absolute Gasteiger partial charge is 0.451 e. The predicted octanol–water partition coefficient (Wildman–Crippen LogP) is 1.36. The second kappa shape index (κ2) is 10.2. The minimum absolute atomic E-state index is 0.210. The van der Waals surface area contributed by atoms with Crippen molar-refractivity contribution in [1.82, 2.24) is 16.0 Å². The Balaban J connectivity index is 2.75. The zero-order chi connectivity index (χ0) is 20.6. The molecule has 0 aliphatic heterocycles. The van der Waals surface area contributed by atoms with Gasteiger partial charge < -0.3 is 15.4 Å². The molecule has 2 atom stereocenters. The second-order valence-electron chi connectivity index (χ2n) is 6.10. The van der Waals surface area contributed by atoms with Gasteiger partial charge in [0.05, 0.1) is 5.56 Å². The van der Waals surface area contributed by atoms with Crippen LogP contribution in [0.5, 0.6) is 0 Å². The van der Waals surface area contributed by atoms with Crippen molar-refractivity contribution in [2.24, 2.45) is 5.92 Å². The van der Waals surface area contributed by atoms with Crippen molar-refractivity contribution < 1.29 is 28.3 Å². The molecule has 1 aromatic carbocycles. The summed E-state index contributed by atoms with van der Waals surface area (Å²) in [5.74, 6) is -3.55. The summed E-state index contributed by atoms with van der Waals surface area (Å²) in [5.41, 5.74) is -0.210. The van der Waals surface area contributed by atoms with Gasteiger partial charge in [0.15, 0.2) is 6.10 Å². The number of rotatable bonds is 7. The number of imide groups is 1. The number of ether oxygens (including phenoxy) is 1. The first kappa shape index (κ1) is 22.1. The SMILES string of the molecule is CCNC(=O)NC(=O)C(C)OC(=O)C(NC(=O)c1ccccc1F)C(C)C. The summed E-state index contributed by atoms with van der Waals surface area (Å²) in [4.78, 5) is 47.8. The molecule has 0 bridgehead atoms. The molecule has 0 saturated heterocycles. The summed E-state index contributed by atoms with van der Waals surface area (Å²) in [6.45, 7) is 6.62. The first-order chi connectivity index (χ1) is 12.7. The van der Waals surface area contributed by atoms with Crippen molar-refractivity contribution >= 4 is 23.8 Å². The highest BCUT2D eigenvalue weighted by atomic mass is 19.1. The van der Waals surface area contributed by atoms with Crippen LogP contribution in [0.1, 0.15) is 38.1 Å². The van der Waals surface area contributed by atoms with E-state index >= 15 is 0 Å². The molecule has 27 heavy (non-hydrogen) atoms. The van der Waals surface area contributed by atoms with Crippen LogP contribution in [0.15, 0.2) is 24.3 Å². The van der Waals surface area contributed by atoms with Crippen molar-refractivity contribution in [2.45, 2.75) is 39.8 Å². The van der Waals surface area contributed by atoms with Crippen LogP contribution in [0.25, 0.3) is 0 Å². The van der Waals surface area contributed by atoms with Gasteiger partial charge in [-0.05, 0) is 31.9 Å². The molecule has 1 rings (SSSR count). The Kier molecular flexibility index (Phi) is 8.37. The van der Waals surface area contributed by atoms with Gasteiger partial charge >= 0.3 is 12.0 Å². The highest BCUT2D eigenvalue weighted by Crippen LogP contribution is 2.10. The van der Waals surface area contributed by atoms with E-state index in [4.69, 9.17) is 4.74 Å². The molecule has 0 heterocycles. The van der Waals surface area contributed by atoms with Crippen molar-refractivity contribution in [3.8, 4) is 0 Å². The fraction of sp³-hybridized carbons (Fsp3) is 0.444. The number of hydrogen-bond acceptors (Lipinski definition) is 5. The fourth-order valence-corrected chi connectivity index (χ4v) is 2.08. The molecule has 0 aliphatic rings. The average molecular weight is 381 g/mol. The summed E-state index contributed by atoms with van der Waals surface area (Å²) < 4.78 is 18.8. The van der Waals surface area contributed by atoms with Crippen LogP contribution in [-0.4, -0.2) is 42.5 Å². The number of urea groups is 1. The highest BCUT2D eigenvalue weighted by molar-refractivity contribution is 5.99. The molecule has 9 heteroatoms. The van der Waals surface area contributed by atoms with E-state index in [9.17, 15) is 23.6 Å². The Morgan fingerprint density at radius 2 is 1.74 bits per heavy atom. The van der Waals surface area contributed by atoms with E-state index < -0.39 is 41.8 Å². The van der Waals surface area contributed by atoms with Gasteiger partial charge in [-0.1, -0.05) is 26.0 Å². The minimum Gasteiger partial charge on any atom is -0.451 e. The van der Waals surface area contributed by atoms with Gasteiger partial charge in [-0.25, -0.2) is 14.0 Å². The summed E-state index contributed by atoms with van der Waals surface area (Å²) in [7, 11) is 0. The molecule has 0 fully saturated rings. The van der Waals surface area contributed by atoms with Gasteiger partial charge in [-0.2, -0.15) is 0 Å². The molecule has 2 unspecified atom stereocenters. The van der Waals surface area contributed by atoms with Crippen LogP contribution in [0.4, 0.5) is 9.18 Å². The molecular weight excluding hydrogens is 357 g/mol. The number of carbonyl (C=O) groups is 4. The van der Waals surface area contributed by atoms with Gasteiger partial charge in [0.2, 0.25) is 0 Å². The van der Waals surface area contributed by atoms with E-state index in [1.165, 1.54) is 25.1 Å². The number of amides is 4. The third-order valence-corrected chi connectivity index (χ3v) is 3.56. The molecule has 148 valence electrons. The Morgan fingerprint density at radius 1 is 1.11 bits per heavy atom. The van der Waals surface area contributed by atoms with Crippen molar-refractivity contribution in [3.63, 3.8) is 0 Å². The molecule has 0 aromatic heterocycles. The van der Waals surface area contributed by atoms with Gasteiger partial charge in [-0.3, -0.25) is 14.9 Å². The highest BCUT2D eigenvalue weighted by Gasteiger charge is 2.30. The van der Waals surface area contributed by atoms with Crippen LogP contribution in [0.3, 0.4) is 0 Å². The van der Waals surface area contributed by atoms with Crippen LogP contribution in [0, 0.1) is 11.7 Å². The van der Waals surface area contributed by atoms with E-state index in [1.807, 2.05) is 5.32 Å². The number of hydrogen-bond donors (Lipinski definition) is 3. The standard InChI is InChI=1S/C18H24FN3O5/c1-5-20-18(26)22-15(23)11(4)27-17(25)14(10(2)3)21-16(24)12-8-6-7-9-13(12)19/h6-11,14H,5H2,1-4H3,(H,21,24)(H2,20,22,23,26). The maximum absolute atomic E-state index is 13.7. The summed E-state index contributed by atoms with van der Waals surface area (Å²) in [6.07, 6.45) is -1.26. The van der Waals surface area contributed by atoms with E-state index in [0.717, 1.165) is 6.07 Å². The number of esters is 1. The number of benzene rings is 1. The molecule has 0 aliphatic carbocycles. The van der Waals surface area contributed by atoms with E-state index in [2.05, 4.69) is 10.6 Å². The quantitative estimate of drug-likeness (QED) is 0.617. The number of halogens is 1. The number of carbonyl (C=O) groups excluding carboxylic acids is 4. The molecule has 8 nitrogen and oxygen atoms in total. The van der Waals surface area contributed by atoms with Gasteiger partial charge in [0.25, 0.3) is 11.8 Å². The second-order valence-corrected chi connectivity index (χ2v) is 6.10. The fourth-order valence-electron chi connectivity index (χ4n) is 2.08. The predicted molar refractivity (Wildman–Crippen MR) is 95.3 cm³/mol. The van der Waals surface area contributed by atoms with Crippen LogP contribution in [0.2, 0.25) is 0 Å². The molecule has 0 radical (unpaired) electrons. The zero-order valence-corrected chi connectivity index (χ0v) is 15.7. The summed E-state index contributed by atoms with van der Waals surface area (Å²) in [5, 5.41) is 6.81. The smallest absolute Gasteiger partial charge is 0.329 e. The molecule has 4 amide bonds. The summed E-state index contributed by atoms with van der Waals surface area (Å²) in [6, 6.07) is 3.54. The van der Waals surface area contributed by atoms with Crippen molar-refractivity contribution in [2.75, 3.05) is 6.54 Å². The van der Waals surface area contributed by atoms with Crippen molar-refractivity contribution in [1.29, 1.82) is 0 Å². The first-order valence-electron chi connectivity index (χ1n) is 8.51. The lowest BCUT2D eigenvalue weighted by Crippen LogP contribution is -2.49. The van der Waals surface area contributed by atoms with Gasteiger partial charge in [0.1, 0.15) is 11.9 Å². The Hall–Kier alpha value is -2.97. The molecule has 3 N–H and O–H groups in total. The lowest BCUT2D eigenvalue weighted by Gasteiger charge is -2.23. The van der Waals surface area contributed by atoms with Crippen LogP contribution >= 0.6 is 0 Å². The Morgan fingerprint density at radius 3 is 2.30 bits per heavy atom. The molecule has 1 aromatic rings. The minimum atomic E-state index is -1.26. The Bertz CT molecular complexity index is 708. The van der Waals surface area contributed by atoms with E-state index in [1.54, 1.807) is 20.8 Å². The maximum Gasteiger partial charge on any atom is 0.329 e. The topological polar surface area (TPSA) is 114 Å². The normalized spacial score (nSPS) is 12.7. The first-order valence-corrected chi connectivity index (χ1v) is 8.51. The third kappa shape index (κ3) is 6.69.